The molecule has 5 nitrogen and oxygen atoms in total. The maximum atomic E-state index is 9.73. The molecule has 2 aromatic rings. The van der Waals surface area contributed by atoms with Crippen LogP contribution in [0.3, 0.4) is 0 Å². The van der Waals surface area contributed by atoms with E-state index in [1.165, 1.54) is 0 Å². The number of ether oxygens (including phenoxy) is 3. The van der Waals surface area contributed by atoms with Crippen LogP contribution in [0.15, 0.2) is 36.4 Å². The molecular formula is C20H24O5. The van der Waals surface area contributed by atoms with Crippen LogP contribution in [0.25, 0.3) is 0 Å². The van der Waals surface area contributed by atoms with Crippen molar-refractivity contribution in [3.05, 3.63) is 47.5 Å². The van der Waals surface area contributed by atoms with E-state index in [2.05, 4.69) is 0 Å². The summed E-state index contributed by atoms with van der Waals surface area (Å²) in [7, 11) is 3.11. The van der Waals surface area contributed by atoms with Gasteiger partial charge in [0.2, 0.25) is 0 Å². The lowest BCUT2D eigenvalue weighted by molar-refractivity contribution is 0.180. The van der Waals surface area contributed by atoms with Gasteiger partial charge in [0.05, 0.1) is 27.4 Å². The summed E-state index contributed by atoms with van der Waals surface area (Å²) in [6.07, 6.45) is 1.74. The average Bonchev–Trinajstić information content (AvgIpc) is 3.05. The number of phenols is 2. The van der Waals surface area contributed by atoms with E-state index < -0.39 is 0 Å². The lowest BCUT2D eigenvalue weighted by atomic mass is 9.85. The quantitative estimate of drug-likeness (QED) is 0.842. The smallest absolute Gasteiger partial charge is 0.160 e. The number of methoxy groups -OCH3 is 2. The fraction of sp³-hybridized carbons (Fsp3) is 0.400. The van der Waals surface area contributed by atoms with Gasteiger partial charge in [0.25, 0.3) is 0 Å². The lowest BCUT2D eigenvalue weighted by Crippen LogP contribution is -2.17. The Morgan fingerprint density at radius 1 is 0.840 bits per heavy atom. The first-order valence-corrected chi connectivity index (χ1v) is 8.40. The molecule has 3 rings (SSSR count). The van der Waals surface area contributed by atoms with Gasteiger partial charge in [-0.2, -0.15) is 0 Å². The van der Waals surface area contributed by atoms with Crippen molar-refractivity contribution >= 4 is 0 Å². The van der Waals surface area contributed by atoms with Gasteiger partial charge in [-0.1, -0.05) is 12.1 Å². The van der Waals surface area contributed by atoms with Crippen LogP contribution >= 0.6 is 0 Å². The van der Waals surface area contributed by atoms with Gasteiger partial charge < -0.3 is 24.4 Å². The summed E-state index contributed by atoms with van der Waals surface area (Å²) in [6, 6.07) is 11.0. The molecule has 0 bridgehead atoms. The van der Waals surface area contributed by atoms with Crippen molar-refractivity contribution in [2.24, 2.45) is 11.8 Å². The highest BCUT2D eigenvalue weighted by molar-refractivity contribution is 5.43. The van der Waals surface area contributed by atoms with Crippen LogP contribution in [0.1, 0.15) is 11.1 Å². The molecule has 1 aliphatic heterocycles. The normalized spacial score (nSPS) is 19.8. The van der Waals surface area contributed by atoms with Crippen LogP contribution in [0, 0.1) is 11.8 Å². The van der Waals surface area contributed by atoms with Crippen molar-refractivity contribution in [2.45, 2.75) is 12.8 Å². The minimum Gasteiger partial charge on any atom is -0.504 e. The van der Waals surface area contributed by atoms with E-state index in [4.69, 9.17) is 14.2 Å². The van der Waals surface area contributed by atoms with Crippen molar-refractivity contribution in [1.82, 2.24) is 0 Å². The highest BCUT2D eigenvalue weighted by Crippen LogP contribution is 2.33. The number of hydrogen-bond donors (Lipinski definition) is 2. The van der Waals surface area contributed by atoms with E-state index >= 15 is 0 Å². The van der Waals surface area contributed by atoms with Gasteiger partial charge in [-0.3, -0.25) is 0 Å². The van der Waals surface area contributed by atoms with Crippen LogP contribution in [-0.2, 0) is 17.6 Å². The zero-order valence-corrected chi connectivity index (χ0v) is 14.6. The fourth-order valence-electron chi connectivity index (χ4n) is 3.40. The molecule has 2 N–H and O–H groups in total. The summed E-state index contributed by atoms with van der Waals surface area (Å²) in [4.78, 5) is 0. The molecule has 1 heterocycles. The summed E-state index contributed by atoms with van der Waals surface area (Å²) >= 11 is 0. The molecule has 0 aromatic heterocycles. The van der Waals surface area contributed by atoms with Gasteiger partial charge in [0, 0.05) is 0 Å². The minimum atomic E-state index is 0.154. The van der Waals surface area contributed by atoms with E-state index in [0.29, 0.717) is 23.3 Å². The average molecular weight is 344 g/mol. The van der Waals surface area contributed by atoms with Crippen LogP contribution in [0.2, 0.25) is 0 Å². The number of phenolic OH excluding ortho intramolecular Hbond substituents is 2. The summed E-state index contributed by atoms with van der Waals surface area (Å²) in [5.41, 5.74) is 2.25. The molecule has 2 aromatic carbocycles. The Morgan fingerprint density at radius 2 is 1.28 bits per heavy atom. The summed E-state index contributed by atoms with van der Waals surface area (Å²) < 4.78 is 16.1. The van der Waals surface area contributed by atoms with Crippen molar-refractivity contribution in [1.29, 1.82) is 0 Å². The molecule has 2 atom stereocenters. The molecule has 0 radical (unpaired) electrons. The Morgan fingerprint density at radius 3 is 1.68 bits per heavy atom. The first-order valence-electron chi connectivity index (χ1n) is 8.40. The zero-order valence-electron chi connectivity index (χ0n) is 14.6. The molecule has 0 aliphatic carbocycles. The molecule has 0 spiro atoms. The fourth-order valence-corrected chi connectivity index (χ4v) is 3.40. The van der Waals surface area contributed by atoms with Crippen molar-refractivity contribution in [2.75, 3.05) is 27.4 Å². The molecule has 25 heavy (non-hydrogen) atoms. The van der Waals surface area contributed by atoms with Crippen LogP contribution in [-0.4, -0.2) is 37.6 Å². The standard InChI is InChI=1S/C20H24O5/c1-23-19-9-13(3-5-17(19)21)7-15-11-25-12-16(15)8-14-4-6-18(22)20(10-14)24-2/h3-6,9-10,15-16,21-22H,7-8,11-12H2,1-2H3/t15-,16-/m1/s1. The Bertz CT molecular complexity index is 667. The molecule has 0 unspecified atom stereocenters. The topological polar surface area (TPSA) is 68.2 Å². The van der Waals surface area contributed by atoms with Gasteiger partial charge in [-0.05, 0) is 60.1 Å². The second-order valence-corrected chi connectivity index (χ2v) is 6.48. The van der Waals surface area contributed by atoms with Crippen LogP contribution < -0.4 is 9.47 Å². The van der Waals surface area contributed by atoms with E-state index in [0.717, 1.165) is 37.2 Å². The SMILES string of the molecule is COc1cc(C[C@@H]2COC[C@H]2Cc2ccc(O)c(OC)c2)ccc1O. The minimum absolute atomic E-state index is 0.154. The van der Waals surface area contributed by atoms with Gasteiger partial charge in [0.15, 0.2) is 23.0 Å². The van der Waals surface area contributed by atoms with E-state index in [1.54, 1.807) is 26.4 Å². The Hall–Kier alpha value is -2.40. The number of aromatic hydroxyl groups is 2. The first-order chi connectivity index (χ1) is 12.1. The highest BCUT2D eigenvalue weighted by Gasteiger charge is 2.29. The van der Waals surface area contributed by atoms with Gasteiger partial charge in [-0.15, -0.1) is 0 Å². The van der Waals surface area contributed by atoms with Gasteiger partial charge in [0.1, 0.15) is 0 Å². The highest BCUT2D eigenvalue weighted by atomic mass is 16.5. The first kappa shape index (κ1) is 17.4. The number of benzene rings is 2. The molecule has 1 aliphatic rings. The predicted octanol–water partition coefficient (Wildman–Crippen LogP) is 3.16. The largest absolute Gasteiger partial charge is 0.504 e. The monoisotopic (exact) mass is 344 g/mol. The van der Waals surface area contributed by atoms with Crippen LogP contribution in [0.5, 0.6) is 23.0 Å². The van der Waals surface area contributed by atoms with Gasteiger partial charge in [-0.25, -0.2) is 0 Å². The third-order valence-electron chi connectivity index (χ3n) is 4.81. The summed E-state index contributed by atoms with van der Waals surface area (Å²) in [5.74, 6) is 2.10. The number of hydrogen-bond acceptors (Lipinski definition) is 5. The third kappa shape index (κ3) is 3.99. The molecule has 1 saturated heterocycles. The second-order valence-electron chi connectivity index (χ2n) is 6.48. The molecule has 5 heteroatoms. The second kappa shape index (κ2) is 7.66. The predicted molar refractivity (Wildman–Crippen MR) is 94.5 cm³/mol. The van der Waals surface area contributed by atoms with Crippen molar-refractivity contribution in [3.8, 4) is 23.0 Å². The summed E-state index contributed by atoms with van der Waals surface area (Å²) in [6.45, 7) is 1.45. The Balaban J connectivity index is 1.70. The number of rotatable bonds is 6. The van der Waals surface area contributed by atoms with Crippen molar-refractivity contribution in [3.63, 3.8) is 0 Å². The van der Waals surface area contributed by atoms with Crippen molar-refractivity contribution < 1.29 is 24.4 Å². The van der Waals surface area contributed by atoms with E-state index in [1.807, 2.05) is 24.3 Å². The molecular weight excluding hydrogens is 320 g/mol. The maximum absolute atomic E-state index is 9.73. The maximum Gasteiger partial charge on any atom is 0.160 e. The van der Waals surface area contributed by atoms with E-state index in [-0.39, 0.29) is 11.5 Å². The van der Waals surface area contributed by atoms with E-state index in [9.17, 15) is 10.2 Å². The van der Waals surface area contributed by atoms with Crippen LogP contribution in [0.4, 0.5) is 0 Å². The zero-order chi connectivity index (χ0) is 17.8. The molecule has 0 amide bonds. The molecule has 1 fully saturated rings. The Kier molecular flexibility index (Phi) is 5.34. The third-order valence-corrected chi connectivity index (χ3v) is 4.81. The Labute approximate surface area is 147 Å². The summed E-state index contributed by atoms with van der Waals surface area (Å²) in [5, 5.41) is 19.5. The lowest BCUT2D eigenvalue weighted by Gasteiger charge is -2.18. The molecule has 0 saturated carbocycles. The van der Waals surface area contributed by atoms with Gasteiger partial charge >= 0.3 is 0 Å². The molecule has 134 valence electrons.